The number of carbonyl (C=O) groups excluding carboxylic acids is 2. The Labute approximate surface area is 72.3 Å². The number of rotatable bonds is 2. The highest BCUT2D eigenvalue weighted by Gasteiger charge is 2.20. The van der Waals surface area contributed by atoms with E-state index >= 15 is 0 Å². The second kappa shape index (κ2) is 4.09. The number of imide groups is 1. The summed E-state index contributed by atoms with van der Waals surface area (Å²) in [6.07, 6.45) is 0.0209. The van der Waals surface area contributed by atoms with Crippen molar-refractivity contribution in [3.63, 3.8) is 0 Å². The zero-order valence-electron chi connectivity index (χ0n) is 7.93. The Kier molecular flexibility index (Phi) is 3.73. The van der Waals surface area contributed by atoms with Crippen molar-refractivity contribution in [1.29, 1.82) is 0 Å². The zero-order chi connectivity index (χ0) is 9.78. The summed E-state index contributed by atoms with van der Waals surface area (Å²) in [5.74, 6) is -0.410. The predicted molar refractivity (Wildman–Crippen MR) is 44.7 cm³/mol. The van der Waals surface area contributed by atoms with E-state index in [0.717, 1.165) is 0 Å². The van der Waals surface area contributed by atoms with Gasteiger partial charge in [0.05, 0.1) is 0 Å². The van der Waals surface area contributed by atoms with Gasteiger partial charge in [0, 0.05) is 6.92 Å². The molecule has 0 atom stereocenters. The van der Waals surface area contributed by atoms with Crippen LogP contribution in [-0.2, 0) is 9.53 Å². The van der Waals surface area contributed by atoms with E-state index < -0.39 is 17.6 Å². The summed E-state index contributed by atoms with van der Waals surface area (Å²) in [4.78, 5) is 21.3. The van der Waals surface area contributed by atoms with Crippen LogP contribution in [0.4, 0.5) is 4.79 Å². The molecule has 0 radical (unpaired) electrons. The van der Waals surface area contributed by atoms with Crippen molar-refractivity contribution in [2.45, 2.75) is 39.7 Å². The average Bonchev–Trinajstić information content (AvgIpc) is 1.84. The third-order valence-corrected chi connectivity index (χ3v) is 1.50. The zero-order valence-corrected chi connectivity index (χ0v) is 7.93. The van der Waals surface area contributed by atoms with Crippen LogP contribution >= 0.6 is 0 Å². The fraction of sp³-hybridized carbons (Fsp3) is 0.750. The topological polar surface area (TPSA) is 55.4 Å². The van der Waals surface area contributed by atoms with E-state index in [4.69, 9.17) is 4.74 Å². The number of carbonyl (C=O) groups is 2. The average molecular weight is 173 g/mol. The van der Waals surface area contributed by atoms with Crippen molar-refractivity contribution < 1.29 is 14.3 Å². The van der Waals surface area contributed by atoms with E-state index in [9.17, 15) is 9.59 Å². The molecule has 0 aromatic heterocycles. The molecule has 0 aliphatic rings. The van der Waals surface area contributed by atoms with Gasteiger partial charge in [-0.05, 0) is 20.3 Å². The van der Waals surface area contributed by atoms with E-state index in [-0.39, 0.29) is 0 Å². The fourth-order valence-electron chi connectivity index (χ4n) is 0.492. The molecule has 0 bridgehead atoms. The summed E-state index contributed by atoms with van der Waals surface area (Å²) in [5.41, 5.74) is -0.514. The largest absolute Gasteiger partial charge is 0.443 e. The molecule has 0 unspecified atom stereocenters. The van der Waals surface area contributed by atoms with Crippen LogP contribution in [0.3, 0.4) is 0 Å². The van der Waals surface area contributed by atoms with Crippen molar-refractivity contribution in [1.82, 2.24) is 5.32 Å². The Balaban J connectivity index is 3.92. The van der Waals surface area contributed by atoms with Gasteiger partial charge in [0.2, 0.25) is 5.91 Å². The first-order valence-electron chi connectivity index (χ1n) is 3.88. The lowest BCUT2D eigenvalue weighted by Crippen LogP contribution is -2.36. The molecule has 0 rings (SSSR count). The summed E-state index contributed by atoms with van der Waals surface area (Å²) in [6, 6.07) is 0. The van der Waals surface area contributed by atoms with Gasteiger partial charge in [-0.2, -0.15) is 0 Å². The molecule has 1 N–H and O–H groups in total. The minimum atomic E-state index is -0.686. The summed E-state index contributed by atoms with van der Waals surface area (Å²) >= 11 is 0. The molecular weight excluding hydrogens is 158 g/mol. The van der Waals surface area contributed by atoms with Gasteiger partial charge in [0.25, 0.3) is 0 Å². The van der Waals surface area contributed by atoms with Gasteiger partial charge in [0.1, 0.15) is 5.60 Å². The highest BCUT2D eigenvalue weighted by atomic mass is 16.6. The lowest BCUT2D eigenvalue weighted by atomic mass is 10.1. The molecular formula is C8H15NO3. The van der Waals surface area contributed by atoms with E-state index in [1.54, 1.807) is 13.8 Å². The third-order valence-electron chi connectivity index (χ3n) is 1.50. The molecule has 2 amide bonds. The van der Waals surface area contributed by atoms with Crippen molar-refractivity contribution in [3.8, 4) is 0 Å². The van der Waals surface area contributed by atoms with Crippen molar-refractivity contribution >= 4 is 12.0 Å². The van der Waals surface area contributed by atoms with Gasteiger partial charge in [-0.15, -0.1) is 0 Å². The van der Waals surface area contributed by atoms with Crippen LogP contribution in [0.25, 0.3) is 0 Å². The number of hydrogen-bond acceptors (Lipinski definition) is 3. The van der Waals surface area contributed by atoms with E-state index in [1.165, 1.54) is 6.92 Å². The number of hydrogen-bond donors (Lipinski definition) is 1. The summed E-state index contributed by atoms with van der Waals surface area (Å²) in [6.45, 7) is 6.74. The van der Waals surface area contributed by atoms with Crippen molar-refractivity contribution in [2.24, 2.45) is 0 Å². The van der Waals surface area contributed by atoms with Crippen LogP contribution in [-0.4, -0.2) is 17.6 Å². The minimum Gasteiger partial charge on any atom is -0.443 e. The molecule has 0 fully saturated rings. The maximum Gasteiger partial charge on any atom is 0.414 e. The number of amides is 2. The first kappa shape index (κ1) is 10.9. The first-order chi connectivity index (χ1) is 5.37. The van der Waals surface area contributed by atoms with Gasteiger partial charge in [-0.25, -0.2) is 4.79 Å². The molecule has 4 nitrogen and oxygen atoms in total. The normalized spacial score (nSPS) is 10.7. The van der Waals surface area contributed by atoms with E-state index in [1.807, 2.05) is 12.2 Å². The second-order valence-corrected chi connectivity index (χ2v) is 3.18. The highest BCUT2D eigenvalue weighted by Crippen LogP contribution is 2.12. The lowest BCUT2D eigenvalue weighted by molar-refractivity contribution is -0.118. The molecule has 0 aromatic carbocycles. The summed E-state index contributed by atoms with van der Waals surface area (Å²) < 4.78 is 4.93. The quantitative estimate of drug-likeness (QED) is 0.687. The Morgan fingerprint density at radius 2 is 1.92 bits per heavy atom. The molecule has 0 saturated carbocycles. The molecule has 12 heavy (non-hydrogen) atoms. The molecule has 0 aliphatic carbocycles. The van der Waals surface area contributed by atoms with Crippen LogP contribution in [0.15, 0.2) is 0 Å². The summed E-state index contributed by atoms with van der Waals surface area (Å²) in [7, 11) is 0. The minimum absolute atomic E-state index is 0.410. The van der Waals surface area contributed by atoms with Crippen molar-refractivity contribution in [3.05, 3.63) is 0 Å². The van der Waals surface area contributed by atoms with Crippen molar-refractivity contribution in [2.75, 3.05) is 0 Å². The Morgan fingerprint density at radius 3 is 2.25 bits per heavy atom. The standard InChI is InChI=1S/C8H15NO3/c1-5-8(3,4)12-7(11)9-6(2)10/h5H2,1-4H3,(H,9,10,11). The van der Waals surface area contributed by atoms with Gasteiger partial charge in [0.15, 0.2) is 0 Å². The number of ether oxygens (including phenoxy) is 1. The molecule has 4 heteroatoms. The third kappa shape index (κ3) is 4.71. The molecule has 0 aliphatic heterocycles. The number of nitrogens with one attached hydrogen (secondary N) is 1. The van der Waals surface area contributed by atoms with Crippen LogP contribution in [0, 0.1) is 0 Å². The predicted octanol–water partition coefficient (Wildman–Crippen LogP) is 1.45. The monoisotopic (exact) mass is 173 g/mol. The van der Waals surface area contributed by atoms with Crippen LogP contribution in [0.1, 0.15) is 34.1 Å². The molecule has 0 aromatic rings. The Morgan fingerprint density at radius 1 is 1.42 bits per heavy atom. The van der Waals surface area contributed by atoms with E-state index in [0.29, 0.717) is 6.42 Å². The molecule has 0 saturated heterocycles. The summed E-state index contributed by atoms with van der Waals surface area (Å²) in [5, 5.41) is 2.03. The van der Waals surface area contributed by atoms with Crippen LogP contribution < -0.4 is 5.32 Å². The molecule has 70 valence electrons. The molecule has 0 spiro atoms. The smallest absolute Gasteiger partial charge is 0.414 e. The fourth-order valence-corrected chi connectivity index (χ4v) is 0.492. The molecule has 0 heterocycles. The van der Waals surface area contributed by atoms with E-state index in [2.05, 4.69) is 0 Å². The van der Waals surface area contributed by atoms with Crippen LogP contribution in [0.5, 0.6) is 0 Å². The maximum absolute atomic E-state index is 10.9. The van der Waals surface area contributed by atoms with Gasteiger partial charge in [-0.1, -0.05) is 6.92 Å². The van der Waals surface area contributed by atoms with Gasteiger partial charge >= 0.3 is 6.09 Å². The maximum atomic E-state index is 10.9. The highest BCUT2D eigenvalue weighted by molar-refractivity contribution is 5.90. The Bertz CT molecular complexity index is 187. The van der Waals surface area contributed by atoms with Crippen LogP contribution in [0.2, 0.25) is 0 Å². The lowest BCUT2D eigenvalue weighted by Gasteiger charge is -2.22. The SMILES string of the molecule is CCC(C)(C)OC(=O)NC(C)=O. The first-order valence-corrected chi connectivity index (χ1v) is 3.88. The van der Waals surface area contributed by atoms with Gasteiger partial charge < -0.3 is 4.74 Å². The second-order valence-electron chi connectivity index (χ2n) is 3.18. The Hall–Kier alpha value is -1.06. The van der Waals surface area contributed by atoms with Gasteiger partial charge in [-0.3, -0.25) is 10.1 Å². The number of alkyl carbamates (subject to hydrolysis) is 1.